The van der Waals surface area contributed by atoms with Gasteiger partial charge in [0.2, 0.25) is 0 Å². The standard InChI is InChI=1S/C11H12FN3O/c1-15-11(13)9(6-14-15)8-5-7(16-2)3-4-10(8)12/h3-6H,13H2,1-2H3. The molecule has 0 spiro atoms. The van der Waals surface area contributed by atoms with Gasteiger partial charge < -0.3 is 10.5 Å². The molecule has 0 bridgehead atoms. The number of nitrogens with two attached hydrogens (primary N) is 1. The van der Waals surface area contributed by atoms with Gasteiger partial charge in [0.1, 0.15) is 17.4 Å². The summed E-state index contributed by atoms with van der Waals surface area (Å²) in [5, 5.41) is 3.97. The summed E-state index contributed by atoms with van der Waals surface area (Å²) in [6, 6.07) is 4.51. The Morgan fingerprint density at radius 2 is 2.12 bits per heavy atom. The van der Waals surface area contributed by atoms with E-state index in [1.807, 2.05) is 0 Å². The van der Waals surface area contributed by atoms with Gasteiger partial charge in [0.25, 0.3) is 0 Å². The quantitative estimate of drug-likeness (QED) is 0.841. The first kappa shape index (κ1) is 10.5. The summed E-state index contributed by atoms with van der Waals surface area (Å²) in [4.78, 5) is 0. The molecule has 5 heteroatoms. The summed E-state index contributed by atoms with van der Waals surface area (Å²) in [7, 11) is 3.24. The average Bonchev–Trinajstić information content (AvgIpc) is 2.61. The molecule has 0 amide bonds. The summed E-state index contributed by atoms with van der Waals surface area (Å²) < 4.78 is 20.2. The maximum atomic E-state index is 13.6. The van der Waals surface area contributed by atoms with Crippen molar-refractivity contribution in [2.75, 3.05) is 12.8 Å². The van der Waals surface area contributed by atoms with Gasteiger partial charge in [-0.05, 0) is 18.2 Å². The molecule has 84 valence electrons. The SMILES string of the molecule is COc1ccc(F)c(-c2cnn(C)c2N)c1. The van der Waals surface area contributed by atoms with Crippen LogP contribution in [-0.4, -0.2) is 16.9 Å². The van der Waals surface area contributed by atoms with Gasteiger partial charge >= 0.3 is 0 Å². The lowest BCUT2D eigenvalue weighted by atomic mass is 10.1. The second-order valence-electron chi connectivity index (χ2n) is 3.41. The van der Waals surface area contributed by atoms with Gasteiger partial charge in [-0.2, -0.15) is 5.10 Å². The number of hydrogen-bond acceptors (Lipinski definition) is 3. The molecule has 0 aliphatic heterocycles. The van der Waals surface area contributed by atoms with Crippen LogP contribution in [0.1, 0.15) is 0 Å². The van der Waals surface area contributed by atoms with Gasteiger partial charge in [0, 0.05) is 18.2 Å². The molecule has 2 aromatic rings. The number of nitrogens with zero attached hydrogens (tertiary/aromatic N) is 2. The van der Waals surface area contributed by atoms with Crippen LogP contribution in [0.25, 0.3) is 11.1 Å². The van der Waals surface area contributed by atoms with Crippen LogP contribution >= 0.6 is 0 Å². The van der Waals surface area contributed by atoms with E-state index in [0.717, 1.165) is 0 Å². The highest BCUT2D eigenvalue weighted by atomic mass is 19.1. The number of benzene rings is 1. The summed E-state index contributed by atoms with van der Waals surface area (Å²) in [6.45, 7) is 0. The van der Waals surface area contributed by atoms with Gasteiger partial charge in [0.15, 0.2) is 0 Å². The van der Waals surface area contributed by atoms with Crippen molar-refractivity contribution in [1.29, 1.82) is 0 Å². The molecule has 0 atom stereocenters. The maximum Gasteiger partial charge on any atom is 0.131 e. The van der Waals surface area contributed by atoms with Crippen molar-refractivity contribution >= 4 is 5.82 Å². The number of aromatic nitrogens is 2. The first-order valence-corrected chi connectivity index (χ1v) is 4.75. The molecule has 0 unspecified atom stereocenters. The van der Waals surface area contributed by atoms with Crippen LogP contribution in [0.3, 0.4) is 0 Å². The van der Waals surface area contributed by atoms with E-state index < -0.39 is 0 Å². The Hall–Kier alpha value is -2.04. The Morgan fingerprint density at radius 1 is 1.38 bits per heavy atom. The van der Waals surface area contributed by atoms with Crippen LogP contribution in [0.2, 0.25) is 0 Å². The molecule has 4 nitrogen and oxygen atoms in total. The van der Waals surface area contributed by atoms with E-state index in [0.29, 0.717) is 22.7 Å². The van der Waals surface area contributed by atoms with Crippen LogP contribution in [0.5, 0.6) is 5.75 Å². The normalized spacial score (nSPS) is 10.4. The van der Waals surface area contributed by atoms with Gasteiger partial charge in [-0.25, -0.2) is 4.39 Å². The van der Waals surface area contributed by atoms with Gasteiger partial charge in [-0.1, -0.05) is 0 Å². The van der Waals surface area contributed by atoms with E-state index in [-0.39, 0.29) is 5.82 Å². The van der Waals surface area contributed by atoms with E-state index >= 15 is 0 Å². The molecule has 1 aromatic carbocycles. The fourth-order valence-electron chi connectivity index (χ4n) is 1.49. The van der Waals surface area contributed by atoms with Crippen LogP contribution in [0.4, 0.5) is 10.2 Å². The molecule has 0 radical (unpaired) electrons. The van der Waals surface area contributed by atoms with E-state index in [2.05, 4.69) is 5.10 Å². The lowest BCUT2D eigenvalue weighted by molar-refractivity contribution is 0.414. The van der Waals surface area contributed by atoms with E-state index in [1.54, 1.807) is 19.2 Å². The van der Waals surface area contributed by atoms with Crippen molar-refractivity contribution in [2.24, 2.45) is 7.05 Å². The molecule has 1 aromatic heterocycles. The highest BCUT2D eigenvalue weighted by Crippen LogP contribution is 2.30. The Kier molecular flexibility index (Phi) is 2.52. The first-order valence-electron chi connectivity index (χ1n) is 4.75. The Balaban J connectivity index is 2.59. The lowest BCUT2D eigenvalue weighted by Crippen LogP contribution is -1.98. The summed E-state index contributed by atoms with van der Waals surface area (Å²) >= 11 is 0. The van der Waals surface area contributed by atoms with Gasteiger partial charge in [-0.15, -0.1) is 0 Å². The number of nitrogen functional groups attached to an aromatic ring is 1. The molecular formula is C11H12FN3O. The zero-order valence-corrected chi connectivity index (χ0v) is 9.07. The third-order valence-electron chi connectivity index (χ3n) is 2.45. The second-order valence-corrected chi connectivity index (χ2v) is 3.41. The fourth-order valence-corrected chi connectivity index (χ4v) is 1.49. The van der Waals surface area contributed by atoms with Crippen molar-refractivity contribution in [1.82, 2.24) is 9.78 Å². The number of halogens is 1. The Labute approximate surface area is 92.4 Å². The van der Waals surface area contributed by atoms with Crippen LogP contribution in [0, 0.1) is 5.82 Å². The van der Waals surface area contributed by atoms with Crippen molar-refractivity contribution < 1.29 is 9.13 Å². The molecule has 0 saturated heterocycles. The highest BCUT2D eigenvalue weighted by Gasteiger charge is 2.12. The molecule has 16 heavy (non-hydrogen) atoms. The summed E-state index contributed by atoms with van der Waals surface area (Å²) in [5.41, 5.74) is 6.75. The molecule has 0 fully saturated rings. The van der Waals surface area contributed by atoms with Crippen LogP contribution in [-0.2, 0) is 7.05 Å². The van der Waals surface area contributed by atoms with Crippen LogP contribution < -0.4 is 10.5 Å². The number of aryl methyl sites for hydroxylation is 1. The van der Waals surface area contributed by atoms with E-state index in [4.69, 9.17) is 10.5 Å². The number of rotatable bonds is 2. The number of hydrogen-bond donors (Lipinski definition) is 1. The maximum absolute atomic E-state index is 13.6. The predicted molar refractivity (Wildman–Crippen MR) is 59.6 cm³/mol. The zero-order valence-electron chi connectivity index (χ0n) is 9.07. The molecule has 0 aliphatic rings. The molecule has 0 saturated carbocycles. The highest BCUT2D eigenvalue weighted by molar-refractivity contribution is 5.74. The zero-order chi connectivity index (χ0) is 11.7. The molecule has 2 N–H and O–H groups in total. The van der Waals surface area contributed by atoms with Crippen molar-refractivity contribution in [3.8, 4) is 16.9 Å². The second kappa shape index (κ2) is 3.84. The van der Waals surface area contributed by atoms with Crippen LogP contribution in [0.15, 0.2) is 24.4 Å². The largest absolute Gasteiger partial charge is 0.497 e. The molecular weight excluding hydrogens is 209 g/mol. The Morgan fingerprint density at radius 3 is 2.69 bits per heavy atom. The topological polar surface area (TPSA) is 53.1 Å². The molecule has 0 aliphatic carbocycles. The summed E-state index contributed by atoms with van der Waals surface area (Å²) in [6.07, 6.45) is 1.53. The van der Waals surface area contributed by atoms with Crippen molar-refractivity contribution in [3.05, 3.63) is 30.2 Å². The monoisotopic (exact) mass is 221 g/mol. The number of ether oxygens (including phenoxy) is 1. The van der Waals surface area contributed by atoms with E-state index in [1.165, 1.54) is 24.1 Å². The third-order valence-corrected chi connectivity index (χ3v) is 2.45. The van der Waals surface area contributed by atoms with E-state index in [9.17, 15) is 4.39 Å². The smallest absolute Gasteiger partial charge is 0.131 e. The fraction of sp³-hybridized carbons (Fsp3) is 0.182. The number of anilines is 1. The predicted octanol–water partition coefficient (Wildman–Crippen LogP) is 1.82. The molecule has 2 rings (SSSR count). The third kappa shape index (κ3) is 1.60. The minimum Gasteiger partial charge on any atom is -0.497 e. The average molecular weight is 221 g/mol. The van der Waals surface area contributed by atoms with Gasteiger partial charge in [-0.3, -0.25) is 4.68 Å². The van der Waals surface area contributed by atoms with Gasteiger partial charge in [0.05, 0.1) is 13.3 Å². The van der Waals surface area contributed by atoms with Crippen molar-refractivity contribution in [3.63, 3.8) is 0 Å². The Bertz CT molecular complexity index is 522. The minimum atomic E-state index is -0.347. The van der Waals surface area contributed by atoms with Crippen molar-refractivity contribution in [2.45, 2.75) is 0 Å². The lowest BCUT2D eigenvalue weighted by Gasteiger charge is -2.05. The summed E-state index contributed by atoms with van der Waals surface area (Å²) in [5.74, 6) is 0.660. The molecule has 1 heterocycles. The first-order chi connectivity index (χ1) is 7.63. The minimum absolute atomic E-state index is 0.347. The number of methoxy groups -OCH3 is 1.